The van der Waals surface area contributed by atoms with Crippen molar-refractivity contribution in [3.63, 3.8) is 0 Å². The van der Waals surface area contributed by atoms with Crippen LogP contribution in [0.5, 0.6) is 0 Å². The molecule has 0 atom stereocenters. The first-order valence-electron chi connectivity index (χ1n) is 9.89. The van der Waals surface area contributed by atoms with E-state index in [-0.39, 0.29) is 11.1 Å². The molecular weight excluding hydrogens is 608 g/mol. The molecule has 8 rings (SSSR count). The topological polar surface area (TPSA) is 68.7 Å². The van der Waals surface area contributed by atoms with Crippen LogP contribution >= 0.6 is 65.9 Å². The van der Waals surface area contributed by atoms with E-state index in [1.165, 1.54) is 22.7 Å². The normalized spacial score (nSPS) is 13.1. The number of hydrogen-bond donors (Lipinski definition) is 0. The maximum Gasteiger partial charge on any atom is 0.265 e. The van der Waals surface area contributed by atoms with Crippen molar-refractivity contribution in [1.29, 1.82) is 0 Å². The highest BCUT2D eigenvalue weighted by atomic mass is 79.9. The summed E-state index contributed by atoms with van der Waals surface area (Å²) in [5.41, 5.74) is 4.36. The first kappa shape index (κ1) is 19.2. The maximum atomic E-state index is 13.9. The number of benzene rings is 1. The third kappa shape index (κ3) is 1.99. The molecule has 0 aliphatic carbocycles. The lowest BCUT2D eigenvalue weighted by atomic mass is 9.95. The van der Waals surface area contributed by atoms with E-state index in [0.29, 0.717) is 22.1 Å². The van der Waals surface area contributed by atoms with Gasteiger partial charge in [0.15, 0.2) is 11.3 Å². The lowest BCUT2D eigenvalue weighted by Gasteiger charge is -2.11. The molecule has 0 N–H and O–H groups in total. The number of halogens is 2. The number of pyridine rings is 2. The van der Waals surface area contributed by atoms with Gasteiger partial charge in [0, 0.05) is 21.5 Å². The number of rotatable bonds is 0. The van der Waals surface area contributed by atoms with Gasteiger partial charge in [0.25, 0.3) is 11.1 Å². The number of imidazole rings is 2. The molecule has 0 amide bonds. The fraction of sp³-hybridized carbons (Fsp3) is 0.0909. The molecule has 0 saturated carbocycles. The Morgan fingerprint density at radius 2 is 1.15 bits per heavy atom. The van der Waals surface area contributed by atoms with E-state index >= 15 is 0 Å². The molecule has 7 aromatic heterocycles. The van der Waals surface area contributed by atoms with Crippen LogP contribution in [0.4, 0.5) is 0 Å². The van der Waals surface area contributed by atoms with Gasteiger partial charge in [0.1, 0.15) is 20.7 Å². The molecule has 0 aliphatic rings. The van der Waals surface area contributed by atoms with Gasteiger partial charge in [-0.2, -0.15) is 0 Å². The minimum atomic E-state index is -0.0966. The minimum Gasteiger partial charge on any atom is -0.268 e. The van der Waals surface area contributed by atoms with Crippen molar-refractivity contribution >= 4 is 129 Å². The second kappa shape index (κ2) is 5.89. The van der Waals surface area contributed by atoms with Crippen LogP contribution in [-0.2, 0) is 0 Å². The van der Waals surface area contributed by atoms with Crippen molar-refractivity contribution in [1.82, 2.24) is 18.8 Å². The quantitative estimate of drug-likeness (QED) is 0.179. The average molecular weight is 616 g/mol. The monoisotopic (exact) mass is 614 g/mol. The van der Waals surface area contributed by atoms with Gasteiger partial charge in [-0.1, -0.05) is 0 Å². The van der Waals surface area contributed by atoms with Gasteiger partial charge in [0.2, 0.25) is 0 Å². The molecule has 0 aliphatic heterocycles. The molecule has 0 bridgehead atoms. The lowest BCUT2D eigenvalue weighted by molar-refractivity contribution is 1.17. The summed E-state index contributed by atoms with van der Waals surface area (Å²) in [6.07, 6.45) is 0. The second-order valence-electron chi connectivity index (χ2n) is 8.14. The van der Waals surface area contributed by atoms with Gasteiger partial charge in [0.05, 0.1) is 29.1 Å². The fourth-order valence-corrected chi connectivity index (χ4v) is 9.53. The van der Waals surface area contributed by atoms with Crippen LogP contribution in [-0.4, -0.2) is 18.8 Å². The molecule has 0 spiro atoms. The van der Waals surface area contributed by atoms with Gasteiger partial charge in [-0.05, 0) is 56.8 Å². The third-order valence-corrected chi connectivity index (χ3v) is 11.4. The molecular formula is C22H8Br2N4O2S3. The number of fused-ring (bicyclic) bond motifs is 8. The van der Waals surface area contributed by atoms with Crippen LogP contribution in [0.2, 0.25) is 0 Å². The predicted molar refractivity (Wildman–Crippen MR) is 145 cm³/mol. The second-order valence-corrected chi connectivity index (χ2v) is 12.6. The van der Waals surface area contributed by atoms with Gasteiger partial charge >= 0.3 is 0 Å². The fourth-order valence-electron chi connectivity index (χ4n) is 5.14. The van der Waals surface area contributed by atoms with Gasteiger partial charge in [-0.25, -0.2) is 9.97 Å². The minimum absolute atomic E-state index is 0.0966. The summed E-state index contributed by atoms with van der Waals surface area (Å²) in [5.74, 6) is 0. The summed E-state index contributed by atoms with van der Waals surface area (Å²) in [5, 5.41) is 6.90. The molecule has 1 aromatic carbocycles. The third-order valence-electron chi connectivity index (χ3n) is 6.65. The molecule has 33 heavy (non-hydrogen) atoms. The van der Waals surface area contributed by atoms with E-state index in [9.17, 15) is 9.59 Å². The Morgan fingerprint density at radius 1 is 0.727 bits per heavy atom. The average Bonchev–Trinajstić information content (AvgIpc) is 3.56. The summed E-state index contributed by atoms with van der Waals surface area (Å²) in [6.45, 7) is 3.88. The Bertz CT molecular complexity index is 2130. The first-order valence-corrected chi connectivity index (χ1v) is 14.0. The number of nitrogens with zero attached hydrogens (tertiary/aromatic N) is 4. The molecule has 7 heterocycles. The standard InChI is InChI=1S/C22H8Br2N4O2S3/c1-5-6(2)10-12-11-9(5)21(29)27-13-7(23)3-31-19(13)25-17(27)15(11)33-16(12)18-26-20-14(8(24)4-32-20)28(18)22(10)30/h3-4H,1-2H3. The van der Waals surface area contributed by atoms with Gasteiger partial charge < -0.3 is 0 Å². The summed E-state index contributed by atoms with van der Waals surface area (Å²) >= 11 is 11.8. The summed E-state index contributed by atoms with van der Waals surface area (Å²) in [7, 11) is 0. The highest BCUT2D eigenvalue weighted by molar-refractivity contribution is 9.11. The molecule has 0 saturated heterocycles. The first-order chi connectivity index (χ1) is 15.9. The largest absolute Gasteiger partial charge is 0.268 e. The van der Waals surface area contributed by atoms with E-state index in [4.69, 9.17) is 9.97 Å². The van der Waals surface area contributed by atoms with E-state index in [1.807, 2.05) is 24.6 Å². The van der Waals surface area contributed by atoms with Crippen molar-refractivity contribution in [3.05, 3.63) is 51.5 Å². The Balaban J connectivity index is 1.81. The zero-order chi connectivity index (χ0) is 22.5. The predicted octanol–water partition coefficient (Wildman–Crippen LogP) is 6.67. The van der Waals surface area contributed by atoms with E-state index in [0.717, 1.165) is 60.9 Å². The summed E-state index contributed by atoms with van der Waals surface area (Å²) in [6, 6.07) is 0. The van der Waals surface area contributed by atoms with Crippen LogP contribution < -0.4 is 11.1 Å². The number of aryl methyl sites for hydroxylation is 2. The van der Waals surface area contributed by atoms with Crippen molar-refractivity contribution in [2.75, 3.05) is 0 Å². The zero-order valence-electron chi connectivity index (χ0n) is 16.7. The molecule has 0 radical (unpaired) electrons. The van der Waals surface area contributed by atoms with Crippen LogP contribution in [0, 0.1) is 13.8 Å². The number of hydrogen-bond acceptors (Lipinski definition) is 7. The maximum absolute atomic E-state index is 13.9. The Hall–Kier alpha value is -2.18. The van der Waals surface area contributed by atoms with Crippen molar-refractivity contribution < 1.29 is 0 Å². The SMILES string of the molecule is Cc1c(C)c2c(=O)n3c(nc4scc(Br)c43)c3sc4c(c1c(=O)n1c4nc4scc(Br)c41)c23. The molecule has 160 valence electrons. The van der Waals surface area contributed by atoms with E-state index in [1.54, 1.807) is 20.1 Å². The Morgan fingerprint density at radius 3 is 1.58 bits per heavy atom. The van der Waals surface area contributed by atoms with Gasteiger partial charge in [-0.15, -0.1) is 34.0 Å². The van der Waals surface area contributed by atoms with Crippen molar-refractivity contribution in [3.8, 4) is 0 Å². The summed E-state index contributed by atoms with van der Waals surface area (Å²) in [4.78, 5) is 39.1. The zero-order valence-corrected chi connectivity index (χ0v) is 22.4. The molecule has 0 fully saturated rings. The Kier molecular flexibility index (Phi) is 3.42. The summed E-state index contributed by atoms with van der Waals surface area (Å²) < 4.78 is 7.00. The number of aromatic nitrogens is 4. The lowest BCUT2D eigenvalue weighted by Crippen LogP contribution is -2.17. The number of thiophene rings is 3. The Labute approximate surface area is 211 Å². The van der Waals surface area contributed by atoms with E-state index in [2.05, 4.69) is 31.9 Å². The van der Waals surface area contributed by atoms with Crippen molar-refractivity contribution in [2.45, 2.75) is 13.8 Å². The molecule has 0 unspecified atom stereocenters. The van der Waals surface area contributed by atoms with Crippen LogP contribution in [0.1, 0.15) is 11.1 Å². The highest BCUT2D eigenvalue weighted by Gasteiger charge is 2.28. The van der Waals surface area contributed by atoms with Crippen LogP contribution in [0.3, 0.4) is 0 Å². The molecule has 8 aromatic rings. The van der Waals surface area contributed by atoms with Gasteiger partial charge in [-0.3, -0.25) is 18.4 Å². The van der Waals surface area contributed by atoms with Crippen molar-refractivity contribution in [2.24, 2.45) is 0 Å². The highest BCUT2D eigenvalue weighted by Crippen LogP contribution is 2.46. The molecule has 6 nitrogen and oxygen atoms in total. The molecule has 11 heteroatoms. The van der Waals surface area contributed by atoms with Crippen LogP contribution in [0.25, 0.3) is 62.9 Å². The van der Waals surface area contributed by atoms with E-state index < -0.39 is 0 Å². The smallest absolute Gasteiger partial charge is 0.265 e. The van der Waals surface area contributed by atoms with Crippen LogP contribution in [0.15, 0.2) is 29.3 Å².